The van der Waals surface area contributed by atoms with E-state index in [2.05, 4.69) is 5.10 Å². The first-order valence-corrected chi connectivity index (χ1v) is 6.66. The summed E-state index contributed by atoms with van der Waals surface area (Å²) in [6.45, 7) is 3.59. The van der Waals surface area contributed by atoms with Crippen LogP contribution < -0.4 is 5.73 Å². The Bertz CT molecular complexity index is 664. The summed E-state index contributed by atoms with van der Waals surface area (Å²) in [6.07, 6.45) is -0.851. The molecule has 2 rings (SSSR count). The number of carbonyl (C=O) groups excluding carboxylic acids is 1. The number of nitrogens with zero attached hydrogens (tertiary/aromatic N) is 2. The van der Waals surface area contributed by atoms with Crippen LogP contribution in [0.5, 0.6) is 0 Å². The van der Waals surface area contributed by atoms with Gasteiger partial charge in [-0.15, -0.1) is 0 Å². The van der Waals surface area contributed by atoms with E-state index in [-0.39, 0.29) is 13.2 Å². The number of hydrogen-bond acceptors (Lipinski definition) is 4. The molecule has 6 nitrogen and oxygen atoms in total. The topological polar surface area (TPSA) is 101 Å². The van der Waals surface area contributed by atoms with Crippen molar-refractivity contribution in [3.05, 3.63) is 41.1 Å². The third-order valence-electron chi connectivity index (χ3n) is 3.37. The largest absolute Gasteiger partial charge is 0.394 e. The van der Waals surface area contributed by atoms with E-state index in [1.807, 2.05) is 32.0 Å². The first kappa shape index (κ1) is 15.2. The van der Waals surface area contributed by atoms with E-state index < -0.39 is 12.0 Å². The molecule has 0 saturated heterocycles. The first-order chi connectivity index (χ1) is 9.92. The number of benzene rings is 1. The molecular formula is C15H19N3O3. The molecule has 0 aliphatic rings. The summed E-state index contributed by atoms with van der Waals surface area (Å²) in [5, 5.41) is 22.8. The van der Waals surface area contributed by atoms with Crippen LogP contribution in [0.15, 0.2) is 24.3 Å². The lowest BCUT2D eigenvalue weighted by Crippen LogP contribution is -2.21. The molecule has 0 bridgehead atoms. The summed E-state index contributed by atoms with van der Waals surface area (Å²) in [5.74, 6) is -0.471. The van der Waals surface area contributed by atoms with Crippen molar-refractivity contribution in [1.82, 2.24) is 9.78 Å². The maximum absolute atomic E-state index is 11.4. The van der Waals surface area contributed by atoms with Gasteiger partial charge in [-0.25, -0.2) is 0 Å². The summed E-state index contributed by atoms with van der Waals surface area (Å²) in [6, 6.07) is 7.27. The lowest BCUT2D eigenvalue weighted by Gasteiger charge is -2.08. The van der Waals surface area contributed by atoms with Crippen molar-refractivity contribution >= 4 is 5.91 Å². The van der Waals surface area contributed by atoms with Gasteiger partial charge in [-0.1, -0.05) is 12.1 Å². The summed E-state index contributed by atoms with van der Waals surface area (Å²) >= 11 is 0. The molecule has 21 heavy (non-hydrogen) atoms. The molecule has 1 aromatic carbocycles. The van der Waals surface area contributed by atoms with Crippen LogP contribution in [0.25, 0.3) is 11.3 Å². The minimum absolute atomic E-state index is 0.219. The summed E-state index contributed by atoms with van der Waals surface area (Å²) in [5.41, 5.74) is 8.98. The Morgan fingerprint density at radius 3 is 2.71 bits per heavy atom. The molecule has 2 aromatic rings. The highest BCUT2D eigenvalue weighted by Gasteiger charge is 2.12. The smallest absolute Gasteiger partial charge is 0.248 e. The van der Waals surface area contributed by atoms with Crippen LogP contribution in [0, 0.1) is 13.8 Å². The summed E-state index contributed by atoms with van der Waals surface area (Å²) in [7, 11) is 0. The molecule has 0 saturated carbocycles. The van der Waals surface area contributed by atoms with Crippen LogP contribution >= 0.6 is 0 Å². The van der Waals surface area contributed by atoms with Crippen molar-refractivity contribution in [2.24, 2.45) is 5.73 Å². The van der Waals surface area contributed by atoms with Crippen molar-refractivity contribution in [2.75, 3.05) is 6.61 Å². The minimum atomic E-state index is -0.851. The fourth-order valence-electron chi connectivity index (χ4n) is 2.14. The lowest BCUT2D eigenvalue weighted by atomic mass is 10.0. The predicted molar refractivity (Wildman–Crippen MR) is 78.7 cm³/mol. The maximum Gasteiger partial charge on any atom is 0.248 e. The molecule has 4 N–H and O–H groups in total. The standard InChI is InChI=1S/C15H19N3O3/c1-9-3-4-11(6-13(9)15(16)21)14-5-10(2)18(17-14)7-12(20)8-19/h3-6,12,19-20H,7-8H2,1-2H3,(H2,16,21)/t12-/m1/s1. The van der Waals surface area contributed by atoms with Gasteiger partial charge in [0.15, 0.2) is 0 Å². The average molecular weight is 289 g/mol. The molecule has 0 radical (unpaired) electrons. The van der Waals surface area contributed by atoms with E-state index in [9.17, 15) is 9.90 Å². The number of primary amides is 1. The van der Waals surface area contributed by atoms with E-state index in [1.54, 1.807) is 10.7 Å². The average Bonchev–Trinajstić information content (AvgIpc) is 2.80. The van der Waals surface area contributed by atoms with E-state index in [1.165, 1.54) is 0 Å². The molecule has 1 atom stereocenters. The molecule has 0 aliphatic heterocycles. The second kappa shape index (κ2) is 6.07. The quantitative estimate of drug-likeness (QED) is 0.751. The number of aliphatic hydroxyl groups excluding tert-OH is 2. The van der Waals surface area contributed by atoms with Gasteiger partial charge >= 0.3 is 0 Å². The van der Waals surface area contributed by atoms with Crippen molar-refractivity contribution in [1.29, 1.82) is 0 Å². The predicted octanol–water partition coefficient (Wildman–Crippen LogP) is 0.619. The van der Waals surface area contributed by atoms with Gasteiger partial charge in [-0.05, 0) is 31.5 Å². The highest BCUT2D eigenvalue weighted by atomic mass is 16.3. The van der Waals surface area contributed by atoms with Crippen molar-refractivity contribution in [3.63, 3.8) is 0 Å². The molecule has 112 valence electrons. The molecule has 6 heteroatoms. The van der Waals surface area contributed by atoms with Crippen molar-refractivity contribution < 1.29 is 15.0 Å². The normalized spacial score (nSPS) is 12.4. The Hall–Kier alpha value is -2.18. The number of amides is 1. The highest BCUT2D eigenvalue weighted by molar-refractivity contribution is 5.95. The highest BCUT2D eigenvalue weighted by Crippen LogP contribution is 2.22. The van der Waals surface area contributed by atoms with Crippen LogP contribution in [0.3, 0.4) is 0 Å². The Morgan fingerprint density at radius 2 is 2.10 bits per heavy atom. The lowest BCUT2D eigenvalue weighted by molar-refractivity contribution is 0.0778. The van der Waals surface area contributed by atoms with Crippen LogP contribution in [0.1, 0.15) is 21.6 Å². The fraction of sp³-hybridized carbons (Fsp3) is 0.333. The second-order valence-corrected chi connectivity index (χ2v) is 5.08. The number of aryl methyl sites for hydroxylation is 2. The van der Waals surface area contributed by atoms with Gasteiger partial charge in [0.25, 0.3) is 0 Å². The third kappa shape index (κ3) is 3.29. The Kier molecular flexibility index (Phi) is 4.40. The molecule has 0 unspecified atom stereocenters. The Labute approximate surface area is 122 Å². The molecule has 0 fully saturated rings. The molecule has 1 amide bonds. The summed E-state index contributed by atoms with van der Waals surface area (Å²) in [4.78, 5) is 11.4. The molecule has 0 aliphatic carbocycles. The maximum atomic E-state index is 11.4. The van der Waals surface area contributed by atoms with Gasteiger partial charge in [0.2, 0.25) is 5.91 Å². The van der Waals surface area contributed by atoms with Gasteiger partial charge < -0.3 is 15.9 Å². The molecule has 1 aromatic heterocycles. The van der Waals surface area contributed by atoms with Gasteiger partial charge in [0, 0.05) is 16.8 Å². The van der Waals surface area contributed by atoms with E-state index in [4.69, 9.17) is 10.8 Å². The van der Waals surface area contributed by atoms with Gasteiger partial charge in [0.1, 0.15) is 0 Å². The van der Waals surface area contributed by atoms with Crippen molar-refractivity contribution in [3.8, 4) is 11.3 Å². The third-order valence-corrected chi connectivity index (χ3v) is 3.37. The zero-order chi connectivity index (χ0) is 15.6. The monoisotopic (exact) mass is 289 g/mol. The number of aromatic nitrogens is 2. The number of hydrogen-bond donors (Lipinski definition) is 3. The van der Waals surface area contributed by atoms with Crippen LogP contribution in [-0.4, -0.2) is 38.6 Å². The molecular weight excluding hydrogens is 270 g/mol. The first-order valence-electron chi connectivity index (χ1n) is 6.66. The zero-order valence-electron chi connectivity index (χ0n) is 12.1. The SMILES string of the molecule is Cc1ccc(-c2cc(C)n(C[C@@H](O)CO)n2)cc1C(N)=O. The fourth-order valence-corrected chi connectivity index (χ4v) is 2.14. The minimum Gasteiger partial charge on any atom is -0.394 e. The number of carbonyl (C=O) groups is 1. The van der Waals surface area contributed by atoms with E-state index >= 15 is 0 Å². The second-order valence-electron chi connectivity index (χ2n) is 5.08. The number of nitrogens with two attached hydrogens (primary N) is 1. The van der Waals surface area contributed by atoms with Gasteiger partial charge in [0.05, 0.1) is 24.9 Å². The number of aliphatic hydroxyl groups is 2. The Morgan fingerprint density at radius 1 is 1.38 bits per heavy atom. The van der Waals surface area contributed by atoms with Crippen molar-refractivity contribution in [2.45, 2.75) is 26.5 Å². The van der Waals surface area contributed by atoms with E-state index in [0.29, 0.717) is 11.3 Å². The zero-order valence-corrected chi connectivity index (χ0v) is 12.1. The summed E-state index contributed by atoms with van der Waals surface area (Å²) < 4.78 is 1.63. The van der Waals surface area contributed by atoms with Crippen LogP contribution in [0.2, 0.25) is 0 Å². The van der Waals surface area contributed by atoms with Gasteiger partial charge in [-0.2, -0.15) is 5.10 Å². The molecule has 1 heterocycles. The molecule has 0 spiro atoms. The number of rotatable bonds is 5. The van der Waals surface area contributed by atoms with Crippen LogP contribution in [-0.2, 0) is 6.54 Å². The van der Waals surface area contributed by atoms with E-state index in [0.717, 1.165) is 16.8 Å². The Balaban J connectivity index is 2.37. The van der Waals surface area contributed by atoms with Gasteiger partial charge in [-0.3, -0.25) is 9.48 Å². The van der Waals surface area contributed by atoms with Crippen LogP contribution in [0.4, 0.5) is 0 Å².